The van der Waals surface area contributed by atoms with E-state index in [4.69, 9.17) is 14.9 Å². The molecule has 0 aliphatic heterocycles. The highest BCUT2D eigenvalue weighted by Crippen LogP contribution is 2.21. The van der Waals surface area contributed by atoms with E-state index in [1.807, 2.05) is 6.92 Å². The van der Waals surface area contributed by atoms with Gasteiger partial charge >= 0.3 is 17.9 Å². The van der Waals surface area contributed by atoms with Gasteiger partial charge in [0.1, 0.15) is 23.4 Å². The quantitative estimate of drug-likeness (QED) is 0.129. The van der Waals surface area contributed by atoms with E-state index in [1.165, 1.54) is 18.2 Å². The summed E-state index contributed by atoms with van der Waals surface area (Å²) in [6, 6.07) is 10.5. The SMILES string of the molecule is CCCCCNC(=O)[C@H](Cc1ccc(OCC(=O)O)c(C(=O)O)c1)NC(=O)C(Cc1ccccc1)NC(=O)CCC(=O)O. The molecule has 2 aromatic carbocycles. The van der Waals surface area contributed by atoms with Crippen molar-refractivity contribution in [2.45, 2.75) is 64.0 Å². The van der Waals surface area contributed by atoms with E-state index in [0.29, 0.717) is 24.1 Å². The smallest absolute Gasteiger partial charge is 0.341 e. The van der Waals surface area contributed by atoms with E-state index in [0.717, 1.165) is 12.8 Å². The first-order chi connectivity index (χ1) is 20.5. The fourth-order valence-electron chi connectivity index (χ4n) is 4.11. The molecule has 2 rings (SSSR count). The van der Waals surface area contributed by atoms with Crippen molar-refractivity contribution in [3.8, 4) is 5.75 Å². The number of carbonyl (C=O) groups is 6. The lowest BCUT2D eigenvalue weighted by atomic mass is 10.0. The summed E-state index contributed by atoms with van der Waals surface area (Å²) < 4.78 is 5.06. The van der Waals surface area contributed by atoms with Crippen molar-refractivity contribution in [3.63, 3.8) is 0 Å². The Bertz CT molecular complexity index is 1280. The standard InChI is InChI=1S/C30H37N3O10/c1-2-3-7-14-31-28(39)22(17-20-10-11-24(43-18-27(37)38)21(15-20)30(41)42)33-29(40)23(16-19-8-5-4-6-9-19)32-25(34)12-13-26(35)36/h4-6,8-11,15,22-23H,2-3,7,12-14,16-18H2,1H3,(H,31,39)(H,32,34)(H,33,40)(H,35,36)(H,37,38)(H,41,42)/t22-,23?/m0/s1. The predicted octanol–water partition coefficient (Wildman–Crippen LogP) is 1.77. The molecule has 13 heteroatoms. The Hall–Kier alpha value is -4.94. The molecule has 0 spiro atoms. The molecule has 0 aromatic heterocycles. The Morgan fingerprint density at radius 1 is 0.767 bits per heavy atom. The van der Waals surface area contributed by atoms with Gasteiger partial charge in [-0.1, -0.05) is 56.2 Å². The molecule has 0 radical (unpaired) electrons. The van der Waals surface area contributed by atoms with Gasteiger partial charge in [0.25, 0.3) is 0 Å². The first-order valence-electron chi connectivity index (χ1n) is 13.8. The van der Waals surface area contributed by atoms with Crippen molar-refractivity contribution in [1.29, 1.82) is 0 Å². The van der Waals surface area contributed by atoms with Crippen LogP contribution in [0.5, 0.6) is 5.75 Å². The largest absolute Gasteiger partial charge is 0.481 e. The maximum atomic E-state index is 13.5. The van der Waals surface area contributed by atoms with Crippen molar-refractivity contribution in [3.05, 3.63) is 65.2 Å². The molecule has 232 valence electrons. The molecular weight excluding hydrogens is 562 g/mol. The van der Waals surface area contributed by atoms with E-state index >= 15 is 0 Å². The summed E-state index contributed by atoms with van der Waals surface area (Å²) in [6.07, 6.45) is 1.67. The Morgan fingerprint density at radius 3 is 2.07 bits per heavy atom. The van der Waals surface area contributed by atoms with E-state index in [9.17, 15) is 33.9 Å². The van der Waals surface area contributed by atoms with E-state index in [1.54, 1.807) is 30.3 Å². The number of carboxylic acids is 3. The van der Waals surface area contributed by atoms with Crippen molar-refractivity contribution in [1.82, 2.24) is 16.0 Å². The second-order valence-electron chi connectivity index (χ2n) is 9.79. The summed E-state index contributed by atoms with van der Waals surface area (Å²) in [5.41, 5.74) is 0.740. The van der Waals surface area contributed by atoms with Gasteiger partial charge in [0.05, 0.1) is 6.42 Å². The minimum Gasteiger partial charge on any atom is -0.481 e. The van der Waals surface area contributed by atoms with Gasteiger partial charge < -0.3 is 36.0 Å². The van der Waals surface area contributed by atoms with E-state index in [-0.39, 0.29) is 30.6 Å². The number of amides is 3. The number of hydrogen-bond donors (Lipinski definition) is 6. The summed E-state index contributed by atoms with van der Waals surface area (Å²) in [6.45, 7) is 1.60. The number of benzene rings is 2. The molecule has 13 nitrogen and oxygen atoms in total. The topological polar surface area (TPSA) is 208 Å². The fourth-order valence-corrected chi connectivity index (χ4v) is 4.11. The van der Waals surface area contributed by atoms with Gasteiger partial charge in [-0.3, -0.25) is 19.2 Å². The van der Waals surface area contributed by atoms with Crippen molar-refractivity contribution < 1.29 is 48.8 Å². The first-order valence-corrected chi connectivity index (χ1v) is 13.8. The number of carboxylic acid groups (broad SMARTS) is 3. The Labute approximate surface area is 248 Å². The zero-order valence-electron chi connectivity index (χ0n) is 23.8. The zero-order chi connectivity index (χ0) is 31.8. The number of unbranched alkanes of at least 4 members (excludes halogenated alkanes) is 2. The van der Waals surface area contributed by atoms with Crippen LogP contribution in [0, 0.1) is 0 Å². The number of ether oxygens (including phenoxy) is 1. The van der Waals surface area contributed by atoms with Crippen molar-refractivity contribution >= 4 is 35.6 Å². The van der Waals surface area contributed by atoms with Crippen LogP contribution in [0.3, 0.4) is 0 Å². The Balaban J connectivity index is 2.32. The molecule has 1 unspecified atom stereocenters. The number of carbonyl (C=O) groups excluding carboxylic acids is 3. The Kier molecular flexibility index (Phi) is 14.2. The second-order valence-corrected chi connectivity index (χ2v) is 9.79. The van der Waals surface area contributed by atoms with Gasteiger partial charge in [-0.2, -0.15) is 0 Å². The van der Waals surface area contributed by atoms with E-state index < -0.39 is 60.7 Å². The van der Waals surface area contributed by atoms with Crippen LogP contribution in [0.4, 0.5) is 0 Å². The highest BCUT2D eigenvalue weighted by molar-refractivity contribution is 5.93. The highest BCUT2D eigenvalue weighted by atomic mass is 16.5. The third-order valence-corrected chi connectivity index (χ3v) is 6.28. The second kappa shape index (κ2) is 17.8. The van der Waals surface area contributed by atoms with E-state index in [2.05, 4.69) is 16.0 Å². The number of nitrogens with one attached hydrogen (secondary N) is 3. The highest BCUT2D eigenvalue weighted by Gasteiger charge is 2.28. The lowest BCUT2D eigenvalue weighted by molar-refractivity contribution is -0.139. The van der Waals surface area contributed by atoms with Crippen LogP contribution in [-0.4, -0.2) is 76.2 Å². The molecular formula is C30H37N3O10. The normalized spacial score (nSPS) is 11.9. The summed E-state index contributed by atoms with van der Waals surface area (Å²) >= 11 is 0. The number of rotatable bonds is 19. The molecule has 0 aliphatic carbocycles. The average molecular weight is 600 g/mol. The van der Waals surface area contributed by atoms with Gasteiger partial charge in [0, 0.05) is 25.8 Å². The van der Waals surface area contributed by atoms with Crippen LogP contribution in [-0.2, 0) is 36.8 Å². The summed E-state index contributed by atoms with van der Waals surface area (Å²) in [4.78, 5) is 72.8. The van der Waals surface area contributed by atoms with Crippen LogP contribution in [0.15, 0.2) is 48.5 Å². The van der Waals surface area contributed by atoms with Gasteiger partial charge in [-0.25, -0.2) is 9.59 Å². The molecule has 0 saturated carbocycles. The van der Waals surface area contributed by atoms with Crippen molar-refractivity contribution in [2.24, 2.45) is 0 Å². The molecule has 43 heavy (non-hydrogen) atoms. The van der Waals surface area contributed by atoms with Gasteiger partial charge in [0.15, 0.2) is 6.61 Å². The van der Waals surface area contributed by atoms with Crippen LogP contribution < -0.4 is 20.7 Å². The van der Waals surface area contributed by atoms with Gasteiger partial charge in [0.2, 0.25) is 17.7 Å². The lowest BCUT2D eigenvalue weighted by Gasteiger charge is -2.24. The number of hydrogen-bond acceptors (Lipinski definition) is 7. The molecule has 6 N–H and O–H groups in total. The van der Waals surface area contributed by atoms with Crippen molar-refractivity contribution in [2.75, 3.05) is 13.2 Å². The van der Waals surface area contributed by atoms with Crippen LogP contribution in [0.2, 0.25) is 0 Å². The number of aromatic carboxylic acids is 1. The Morgan fingerprint density at radius 2 is 1.44 bits per heavy atom. The van der Waals surface area contributed by atoms with Gasteiger partial charge in [-0.05, 0) is 29.7 Å². The molecule has 2 aromatic rings. The average Bonchev–Trinajstić information content (AvgIpc) is 2.97. The predicted molar refractivity (Wildman–Crippen MR) is 154 cm³/mol. The molecule has 0 aliphatic rings. The van der Waals surface area contributed by atoms with Crippen LogP contribution in [0.25, 0.3) is 0 Å². The zero-order valence-corrected chi connectivity index (χ0v) is 23.8. The molecule has 0 bridgehead atoms. The van der Waals surface area contributed by atoms with Crippen LogP contribution >= 0.6 is 0 Å². The third-order valence-electron chi connectivity index (χ3n) is 6.28. The fraction of sp³-hybridized carbons (Fsp3) is 0.400. The molecule has 2 atom stereocenters. The summed E-state index contributed by atoms with van der Waals surface area (Å²) in [7, 11) is 0. The summed E-state index contributed by atoms with van der Waals surface area (Å²) in [5.74, 6) is -5.87. The minimum absolute atomic E-state index is 0.0646. The molecule has 0 saturated heterocycles. The maximum absolute atomic E-state index is 13.5. The lowest BCUT2D eigenvalue weighted by Crippen LogP contribution is -2.55. The first kappa shape index (κ1) is 34.3. The maximum Gasteiger partial charge on any atom is 0.341 e. The number of aliphatic carboxylic acids is 2. The molecule has 3 amide bonds. The minimum atomic E-state index is -1.38. The monoisotopic (exact) mass is 599 g/mol. The third kappa shape index (κ3) is 12.6. The summed E-state index contributed by atoms with van der Waals surface area (Å²) in [5, 5.41) is 35.4. The molecule has 0 heterocycles. The van der Waals surface area contributed by atoms with Gasteiger partial charge in [-0.15, -0.1) is 0 Å². The molecule has 0 fully saturated rings. The van der Waals surface area contributed by atoms with Crippen LogP contribution in [0.1, 0.15) is 60.5 Å².